The molecule has 0 saturated heterocycles. The first-order valence-corrected chi connectivity index (χ1v) is 15.4. The number of nitro benzene ring substituents is 1. The van der Waals surface area contributed by atoms with Gasteiger partial charge in [0.05, 0.1) is 15.6 Å². The van der Waals surface area contributed by atoms with Gasteiger partial charge in [-0.3, -0.25) is 19.7 Å². The van der Waals surface area contributed by atoms with Crippen molar-refractivity contribution >= 4 is 39.8 Å². The summed E-state index contributed by atoms with van der Waals surface area (Å²) in [6.07, 6.45) is 2.42. The summed E-state index contributed by atoms with van der Waals surface area (Å²) in [5.41, 5.74) is 4.87. The van der Waals surface area contributed by atoms with Crippen molar-refractivity contribution in [3.05, 3.63) is 83.7 Å². The number of non-ortho nitro benzene ring substituents is 1. The Morgan fingerprint density at radius 3 is 1.98 bits per heavy atom. The fraction of sp³-hybridized carbons (Fsp3) is 0.455. The SMILES string of the molecule is CCN1C2=C(C(=O)CC(C)(C)C2)C(c2cc(I)c(OCc3ccc([N+](=O)[O-])cc3)c(OC)c2)C2=C1CC(C)(C)CC2=O. The van der Waals surface area contributed by atoms with Gasteiger partial charge in [-0.25, -0.2) is 0 Å². The monoisotopic (exact) mass is 684 g/mol. The van der Waals surface area contributed by atoms with E-state index in [4.69, 9.17) is 9.47 Å². The molecule has 0 radical (unpaired) electrons. The zero-order chi connectivity index (χ0) is 30.6. The smallest absolute Gasteiger partial charge is 0.269 e. The van der Waals surface area contributed by atoms with E-state index in [2.05, 4.69) is 62.1 Å². The van der Waals surface area contributed by atoms with E-state index in [1.54, 1.807) is 19.2 Å². The average Bonchev–Trinajstić information content (AvgIpc) is 2.89. The number of carbonyl (C=O) groups is 2. The molecule has 0 atom stereocenters. The second-order valence-corrected chi connectivity index (χ2v) is 14.2. The highest BCUT2D eigenvalue weighted by Crippen LogP contribution is 2.55. The Kier molecular flexibility index (Phi) is 8.02. The Morgan fingerprint density at radius 1 is 0.952 bits per heavy atom. The molecule has 1 heterocycles. The van der Waals surface area contributed by atoms with Crippen LogP contribution >= 0.6 is 22.6 Å². The van der Waals surface area contributed by atoms with Gasteiger partial charge in [0.15, 0.2) is 23.1 Å². The molecule has 2 aromatic rings. The lowest BCUT2D eigenvalue weighted by atomic mass is 9.63. The van der Waals surface area contributed by atoms with Gasteiger partial charge in [0.2, 0.25) is 0 Å². The molecule has 5 rings (SSSR count). The summed E-state index contributed by atoms with van der Waals surface area (Å²) in [5, 5.41) is 11.0. The number of allylic oxidation sites excluding steroid dienone is 4. The topological polar surface area (TPSA) is 99.0 Å². The molecule has 0 N–H and O–H groups in total. The second kappa shape index (κ2) is 11.1. The van der Waals surface area contributed by atoms with E-state index in [0.29, 0.717) is 30.9 Å². The third-order valence-corrected chi connectivity index (χ3v) is 9.25. The lowest BCUT2D eigenvalue weighted by molar-refractivity contribution is -0.384. The third-order valence-electron chi connectivity index (χ3n) is 8.45. The van der Waals surface area contributed by atoms with Crippen LogP contribution in [0.3, 0.4) is 0 Å². The molecule has 0 amide bonds. The van der Waals surface area contributed by atoms with E-state index >= 15 is 0 Å². The van der Waals surface area contributed by atoms with Gasteiger partial charge in [-0.2, -0.15) is 0 Å². The van der Waals surface area contributed by atoms with E-state index in [9.17, 15) is 19.7 Å². The number of benzene rings is 2. The largest absolute Gasteiger partial charge is 0.493 e. The van der Waals surface area contributed by atoms with Gasteiger partial charge in [0.25, 0.3) is 5.69 Å². The van der Waals surface area contributed by atoms with E-state index in [1.165, 1.54) is 12.1 Å². The molecule has 42 heavy (non-hydrogen) atoms. The van der Waals surface area contributed by atoms with Crippen molar-refractivity contribution in [2.75, 3.05) is 13.7 Å². The van der Waals surface area contributed by atoms with Crippen molar-refractivity contribution in [1.82, 2.24) is 4.90 Å². The number of nitrogens with zero attached hydrogens (tertiary/aromatic N) is 2. The van der Waals surface area contributed by atoms with Gasteiger partial charge >= 0.3 is 0 Å². The number of hydrogen-bond acceptors (Lipinski definition) is 7. The fourth-order valence-corrected chi connectivity index (χ4v) is 7.46. The van der Waals surface area contributed by atoms with Gasteiger partial charge in [-0.05, 0) is 88.6 Å². The molecule has 0 saturated carbocycles. The molecule has 0 spiro atoms. The molecule has 8 nitrogen and oxygen atoms in total. The Balaban J connectivity index is 1.60. The van der Waals surface area contributed by atoms with Crippen molar-refractivity contribution < 1.29 is 24.0 Å². The van der Waals surface area contributed by atoms with Crippen molar-refractivity contribution in [2.45, 2.75) is 72.8 Å². The Hall–Kier alpha value is -3.21. The summed E-state index contributed by atoms with van der Waals surface area (Å²) >= 11 is 2.21. The van der Waals surface area contributed by atoms with Crippen molar-refractivity contribution in [3.63, 3.8) is 0 Å². The maximum atomic E-state index is 13.9. The number of carbonyl (C=O) groups excluding carboxylic acids is 2. The zero-order valence-electron chi connectivity index (χ0n) is 25.0. The number of rotatable bonds is 7. The van der Waals surface area contributed by atoms with Crippen LogP contribution in [0.5, 0.6) is 11.5 Å². The first kappa shape index (κ1) is 30.3. The predicted molar refractivity (Wildman–Crippen MR) is 168 cm³/mol. The van der Waals surface area contributed by atoms with Crippen LogP contribution < -0.4 is 9.47 Å². The molecule has 0 fully saturated rings. The molecule has 0 aromatic heterocycles. The van der Waals surface area contributed by atoms with Crippen LogP contribution in [0.4, 0.5) is 5.69 Å². The molecule has 9 heteroatoms. The molecular weight excluding hydrogens is 647 g/mol. The van der Waals surface area contributed by atoms with Crippen molar-refractivity contribution in [2.24, 2.45) is 10.8 Å². The van der Waals surface area contributed by atoms with E-state index in [0.717, 1.165) is 50.1 Å². The Morgan fingerprint density at radius 2 is 1.50 bits per heavy atom. The van der Waals surface area contributed by atoms with Crippen molar-refractivity contribution in [1.29, 1.82) is 0 Å². The van der Waals surface area contributed by atoms with E-state index in [-0.39, 0.29) is 34.7 Å². The maximum Gasteiger partial charge on any atom is 0.269 e. The summed E-state index contributed by atoms with van der Waals surface area (Å²) in [4.78, 5) is 40.6. The minimum absolute atomic E-state index is 0.0213. The number of ether oxygens (including phenoxy) is 2. The summed E-state index contributed by atoms with van der Waals surface area (Å²) in [7, 11) is 1.57. The van der Waals surface area contributed by atoms with Crippen LogP contribution in [0, 0.1) is 24.5 Å². The Bertz CT molecular complexity index is 1480. The first-order valence-electron chi connectivity index (χ1n) is 14.3. The molecule has 0 bridgehead atoms. The summed E-state index contributed by atoms with van der Waals surface area (Å²) in [5.74, 6) is 0.786. The normalized spacial score (nSPS) is 19.9. The van der Waals surface area contributed by atoms with Crippen LogP contribution in [-0.2, 0) is 16.2 Å². The van der Waals surface area contributed by atoms with Gasteiger partial charge in [0, 0.05) is 60.0 Å². The van der Waals surface area contributed by atoms with Crippen molar-refractivity contribution in [3.8, 4) is 11.5 Å². The van der Waals surface area contributed by atoms with Crippen LogP contribution in [0.25, 0.3) is 0 Å². The average molecular weight is 685 g/mol. The standard InChI is InChI=1S/C33H37IN2O6/c1-7-35-23-14-32(2,3)16-25(37)29(23)28(30-24(35)15-33(4,5)17-26(30)38)20-12-22(34)31(27(13-20)41-6)42-18-19-8-10-21(11-9-19)36(39)40/h8-13,28H,7,14-18H2,1-6H3. The maximum absolute atomic E-state index is 13.9. The lowest BCUT2D eigenvalue weighted by Gasteiger charge is -2.49. The molecule has 0 unspecified atom stereocenters. The number of ketones is 2. The number of methoxy groups -OCH3 is 1. The predicted octanol–water partition coefficient (Wildman–Crippen LogP) is 7.49. The third kappa shape index (κ3) is 5.59. The van der Waals surface area contributed by atoms with E-state index < -0.39 is 10.8 Å². The molecule has 3 aliphatic rings. The van der Waals surface area contributed by atoms with Crippen LogP contribution in [0.2, 0.25) is 0 Å². The number of halogens is 1. The van der Waals surface area contributed by atoms with Crippen LogP contribution in [0.15, 0.2) is 58.9 Å². The van der Waals surface area contributed by atoms with Crippen LogP contribution in [0.1, 0.15) is 77.3 Å². The molecule has 2 aromatic carbocycles. The zero-order valence-corrected chi connectivity index (χ0v) is 27.2. The molecular formula is C33H37IN2O6. The molecule has 2 aliphatic carbocycles. The first-order chi connectivity index (χ1) is 19.7. The molecule has 1 aliphatic heterocycles. The minimum atomic E-state index is -0.462. The summed E-state index contributed by atoms with van der Waals surface area (Å²) in [6.45, 7) is 11.6. The van der Waals surface area contributed by atoms with Gasteiger partial charge in [-0.15, -0.1) is 0 Å². The highest BCUT2D eigenvalue weighted by molar-refractivity contribution is 14.1. The highest BCUT2D eigenvalue weighted by Gasteiger charge is 2.48. The highest BCUT2D eigenvalue weighted by atomic mass is 127. The lowest BCUT2D eigenvalue weighted by Crippen LogP contribution is -2.44. The van der Waals surface area contributed by atoms with Crippen LogP contribution in [-0.4, -0.2) is 35.0 Å². The summed E-state index contributed by atoms with van der Waals surface area (Å²) < 4.78 is 12.8. The Labute approximate surface area is 260 Å². The fourth-order valence-electron chi connectivity index (χ4n) is 6.68. The van der Waals surface area contributed by atoms with Gasteiger partial charge < -0.3 is 14.4 Å². The molecule has 222 valence electrons. The number of nitro groups is 1. The summed E-state index contributed by atoms with van der Waals surface area (Å²) in [6, 6.07) is 10.1. The van der Waals surface area contributed by atoms with E-state index in [1.807, 2.05) is 12.1 Å². The van der Waals surface area contributed by atoms with Gasteiger partial charge in [-0.1, -0.05) is 27.7 Å². The minimum Gasteiger partial charge on any atom is -0.493 e. The van der Waals surface area contributed by atoms with Gasteiger partial charge in [0.1, 0.15) is 6.61 Å². The second-order valence-electron chi connectivity index (χ2n) is 13.0. The number of Topliss-reactive ketones (excluding diaryl/α,β-unsaturated/α-hetero) is 2. The quantitative estimate of drug-likeness (QED) is 0.169. The number of hydrogen-bond donors (Lipinski definition) is 0.